The third-order valence-electron chi connectivity index (χ3n) is 2.88. The summed E-state index contributed by atoms with van der Waals surface area (Å²) in [5.74, 6) is 0. The third-order valence-corrected chi connectivity index (χ3v) is 3.24. The van der Waals surface area contributed by atoms with Crippen molar-refractivity contribution in [2.24, 2.45) is 0 Å². The van der Waals surface area contributed by atoms with E-state index in [-0.39, 0.29) is 12.3 Å². The summed E-state index contributed by atoms with van der Waals surface area (Å²) >= 11 is 5.99. The summed E-state index contributed by atoms with van der Waals surface area (Å²) in [6.07, 6.45) is 0.799. The van der Waals surface area contributed by atoms with Crippen LogP contribution in [0.5, 0.6) is 0 Å². The van der Waals surface area contributed by atoms with Gasteiger partial charge < -0.3 is 4.74 Å². The smallest absolute Gasteiger partial charge is 0.269 e. The molecule has 0 radical (unpaired) electrons. The van der Waals surface area contributed by atoms with Gasteiger partial charge in [0.05, 0.1) is 18.1 Å². The molecule has 2 aromatic rings. The first-order valence-electron chi connectivity index (χ1n) is 6.21. The van der Waals surface area contributed by atoms with Crippen LogP contribution in [0.2, 0.25) is 5.02 Å². The van der Waals surface area contributed by atoms with E-state index in [4.69, 9.17) is 16.3 Å². The molecule has 0 amide bonds. The van der Waals surface area contributed by atoms with Crippen LogP contribution in [0.4, 0.5) is 5.69 Å². The predicted octanol–water partition coefficient (Wildman–Crippen LogP) is 4.01. The summed E-state index contributed by atoms with van der Waals surface area (Å²) in [5, 5.41) is 11.2. The quantitative estimate of drug-likeness (QED) is 0.459. The molecule has 2 aromatic carbocycles. The minimum atomic E-state index is -0.441. The molecule has 0 unspecified atom stereocenters. The minimum Gasteiger partial charge on any atom is -0.376 e. The topological polar surface area (TPSA) is 52.4 Å². The highest BCUT2D eigenvalue weighted by Gasteiger charge is 2.09. The molecule has 104 valence electrons. The Balaban J connectivity index is 1.88. The van der Waals surface area contributed by atoms with E-state index in [2.05, 4.69) is 0 Å². The van der Waals surface area contributed by atoms with Gasteiger partial charge in [-0.2, -0.15) is 0 Å². The molecule has 0 saturated heterocycles. The Morgan fingerprint density at radius 2 is 1.90 bits per heavy atom. The molecule has 0 fully saturated rings. The number of non-ortho nitro benzene ring substituents is 1. The molecule has 0 aliphatic heterocycles. The van der Waals surface area contributed by atoms with E-state index in [0.29, 0.717) is 17.2 Å². The largest absolute Gasteiger partial charge is 0.376 e. The molecule has 0 heterocycles. The molecule has 4 nitrogen and oxygen atoms in total. The Kier molecular flexibility index (Phi) is 5.09. The van der Waals surface area contributed by atoms with E-state index in [1.165, 1.54) is 23.8 Å². The first kappa shape index (κ1) is 14.5. The zero-order valence-electron chi connectivity index (χ0n) is 10.8. The highest BCUT2D eigenvalue weighted by molar-refractivity contribution is 6.31. The van der Waals surface area contributed by atoms with E-state index in [9.17, 15) is 10.1 Å². The molecule has 0 N–H and O–H groups in total. The van der Waals surface area contributed by atoms with Gasteiger partial charge in [-0.25, -0.2) is 0 Å². The Labute approximate surface area is 122 Å². The number of rotatable bonds is 6. The summed E-state index contributed by atoms with van der Waals surface area (Å²) in [6.45, 7) is 0.816. The molecule has 0 aliphatic carbocycles. The van der Waals surface area contributed by atoms with Crippen molar-refractivity contribution in [1.29, 1.82) is 0 Å². The van der Waals surface area contributed by atoms with Crippen molar-refractivity contribution >= 4 is 17.3 Å². The average Bonchev–Trinajstić information content (AvgIpc) is 2.46. The average molecular weight is 292 g/mol. The van der Waals surface area contributed by atoms with E-state index in [0.717, 1.165) is 6.42 Å². The van der Waals surface area contributed by atoms with Crippen LogP contribution in [0.3, 0.4) is 0 Å². The first-order chi connectivity index (χ1) is 9.66. The van der Waals surface area contributed by atoms with Crippen molar-refractivity contribution in [1.82, 2.24) is 0 Å². The van der Waals surface area contributed by atoms with Gasteiger partial charge in [-0.15, -0.1) is 0 Å². The van der Waals surface area contributed by atoms with Crippen molar-refractivity contribution < 1.29 is 9.66 Å². The SMILES string of the molecule is O=[N+]([O-])c1ccc(Cl)c(COCCc2ccccc2)c1. The predicted molar refractivity (Wildman–Crippen MR) is 77.9 cm³/mol. The summed E-state index contributed by atoms with van der Waals surface area (Å²) in [7, 11) is 0. The molecule has 0 saturated carbocycles. The maximum absolute atomic E-state index is 10.7. The molecule has 0 atom stereocenters. The van der Waals surface area contributed by atoms with Crippen LogP contribution in [0.25, 0.3) is 0 Å². The van der Waals surface area contributed by atoms with Crippen LogP contribution in [0, 0.1) is 10.1 Å². The van der Waals surface area contributed by atoms with Gasteiger partial charge in [-0.3, -0.25) is 10.1 Å². The van der Waals surface area contributed by atoms with E-state index < -0.39 is 4.92 Å². The second kappa shape index (κ2) is 7.03. The van der Waals surface area contributed by atoms with Gasteiger partial charge in [-0.05, 0) is 18.1 Å². The number of hydrogen-bond acceptors (Lipinski definition) is 3. The molecule has 5 heteroatoms. The standard InChI is InChI=1S/C15H14ClNO3/c16-15-7-6-14(17(18)19)10-13(15)11-20-9-8-12-4-2-1-3-5-12/h1-7,10H,8-9,11H2. The zero-order chi connectivity index (χ0) is 14.4. The molecular formula is C15H14ClNO3. The van der Waals surface area contributed by atoms with Gasteiger partial charge in [0.15, 0.2) is 0 Å². The van der Waals surface area contributed by atoms with Crippen molar-refractivity contribution in [3.05, 3.63) is 74.8 Å². The molecule has 0 bridgehead atoms. The fourth-order valence-corrected chi connectivity index (χ4v) is 1.97. The summed E-state index contributed by atoms with van der Waals surface area (Å²) in [5.41, 5.74) is 1.85. The fourth-order valence-electron chi connectivity index (χ4n) is 1.80. The lowest BCUT2D eigenvalue weighted by atomic mass is 10.2. The molecular weight excluding hydrogens is 278 g/mol. The van der Waals surface area contributed by atoms with Gasteiger partial charge in [0.2, 0.25) is 0 Å². The Hall–Kier alpha value is -1.91. The fraction of sp³-hybridized carbons (Fsp3) is 0.200. The van der Waals surface area contributed by atoms with Crippen molar-refractivity contribution in [3.8, 4) is 0 Å². The lowest BCUT2D eigenvalue weighted by Gasteiger charge is -2.06. The Morgan fingerprint density at radius 3 is 2.60 bits per heavy atom. The van der Waals surface area contributed by atoms with Gasteiger partial charge in [0, 0.05) is 22.7 Å². The summed E-state index contributed by atoms with van der Waals surface area (Å²) in [6, 6.07) is 14.3. The number of nitro benzene ring substituents is 1. The molecule has 2 rings (SSSR count). The van der Waals surface area contributed by atoms with Crippen molar-refractivity contribution in [2.75, 3.05) is 6.61 Å². The highest BCUT2D eigenvalue weighted by Crippen LogP contribution is 2.22. The van der Waals surface area contributed by atoms with Crippen LogP contribution in [0.1, 0.15) is 11.1 Å². The zero-order valence-corrected chi connectivity index (χ0v) is 11.5. The van der Waals surface area contributed by atoms with Gasteiger partial charge in [0.1, 0.15) is 0 Å². The highest BCUT2D eigenvalue weighted by atomic mass is 35.5. The van der Waals surface area contributed by atoms with Crippen LogP contribution in [-0.2, 0) is 17.8 Å². The molecule has 0 aromatic heterocycles. The number of hydrogen-bond donors (Lipinski definition) is 0. The maximum Gasteiger partial charge on any atom is 0.269 e. The van der Waals surface area contributed by atoms with Gasteiger partial charge in [-0.1, -0.05) is 41.9 Å². The second-order valence-corrected chi connectivity index (χ2v) is 4.73. The van der Waals surface area contributed by atoms with Crippen LogP contribution in [0.15, 0.2) is 48.5 Å². The number of nitrogens with zero attached hydrogens (tertiary/aromatic N) is 1. The number of ether oxygens (including phenoxy) is 1. The number of halogens is 1. The second-order valence-electron chi connectivity index (χ2n) is 4.32. The van der Waals surface area contributed by atoms with Gasteiger partial charge >= 0.3 is 0 Å². The lowest BCUT2D eigenvalue weighted by Crippen LogP contribution is -2.00. The van der Waals surface area contributed by atoms with Crippen LogP contribution in [-0.4, -0.2) is 11.5 Å². The van der Waals surface area contributed by atoms with E-state index in [1.807, 2.05) is 30.3 Å². The van der Waals surface area contributed by atoms with E-state index in [1.54, 1.807) is 0 Å². The van der Waals surface area contributed by atoms with Gasteiger partial charge in [0.25, 0.3) is 5.69 Å². The first-order valence-corrected chi connectivity index (χ1v) is 6.59. The summed E-state index contributed by atoms with van der Waals surface area (Å²) < 4.78 is 5.53. The minimum absolute atomic E-state index is 0.0241. The maximum atomic E-state index is 10.7. The summed E-state index contributed by atoms with van der Waals surface area (Å²) in [4.78, 5) is 10.3. The number of nitro groups is 1. The lowest BCUT2D eigenvalue weighted by molar-refractivity contribution is -0.384. The van der Waals surface area contributed by atoms with Crippen molar-refractivity contribution in [3.63, 3.8) is 0 Å². The third kappa shape index (κ3) is 4.05. The molecule has 0 aliphatic rings. The van der Waals surface area contributed by atoms with Crippen LogP contribution >= 0.6 is 11.6 Å². The van der Waals surface area contributed by atoms with Crippen molar-refractivity contribution in [2.45, 2.75) is 13.0 Å². The normalized spacial score (nSPS) is 10.4. The Bertz CT molecular complexity index is 587. The van der Waals surface area contributed by atoms with E-state index >= 15 is 0 Å². The number of benzene rings is 2. The molecule has 0 spiro atoms. The Morgan fingerprint density at radius 1 is 1.15 bits per heavy atom. The van der Waals surface area contributed by atoms with Crippen LogP contribution < -0.4 is 0 Å². The molecule has 20 heavy (non-hydrogen) atoms. The monoisotopic (exact) mass is 291 g/mol.